The first-order chi connectivity index (χ1) is 9.58. The van der Waals surface area contributed by atoms with E-state index < -0.39 is 6.04 Å². The highest BCUT2D eigenvalue weighted by Gasteiger charge is 2.35. The SMILES string of the molecule is CCCc1cc(C(=O)N2CCCC2C(=O)OC)sc1C. The summed E-state index contributed by atoms with van der Waals surface area (Å²) in [6, 6.07) is 1.57. The number of nitrogens with zero attached hydrogens (tertiary/aromatic N) is 1. The summed E-state index contributed by atoms with van der Waals surface area (Å²) in [5.74, 6) is -0.341. The first-order valence-electron chi connectivity index (χ1n) is 7.06. The van der Waals surface area contributed by atoms with E-state index in [4.69, 9.17) is 4.74 Å². The Kier molecular flexibility index (Phi) is 4.81. The maximum atomic E-state index is 12.6. The molecule has 1 aromatic heterocycles. The van der Waals surface area contributed by atoms with Crippen LogP contribution in [0.15, 0.2) is 6.07 Å². The normalized spacial score (nSPS) is 18.4. The average Bonchev–Trinajstić information content (AvgIpc) is 3.05. The van der Waals surface area contributed by atoms with Gasteiger partial charge in [0, 0.05) is 11.4 Å². The molecule has 1 amide bonds. The minimum Gasteiger partial charge on any atom is -0.467 e. The number of esters is 1. The van der Waals surface area contributed by atoms with Gasteiger partial charge in [-0.15, -0.1) is 11.3 Å². The van der Waals surface area contributed by atoms with Crippen LogP contribution >= 0.6 is 11.3 Å². The molecule has 0 bridgehead atoms. The number of amides is 1. The van der Waals surface area contributed by atoms with Crippen molar-refractivity contribution < 1.29 is 14.3 Å². The van der Waals surface area contributed by atoms with Crippen LogP contribution in [0.3, 0.4) is 0 Å². The summed E-state index contributed by atoms with van der Waals surface area (Å²) in [6.07, 6.45) is 3.62. The Labute approximate surface area is 123 Å². The maximum absolute atomic E-state index is 12.6. The largest absolute Gasteiger partial charge is 0.467 e. The molecule has 1 aromatic rings. The summed E-state index contributed by atoms with van der Waals surface area (Å²) in [5.41, 5.74) is 1.25. The number of likely N-dealkylation sites (tertiary alicyclic amines) is 1. The fourth-order valence-corrected chi connectivity index (χ4v) is 3.70. The second-order valence-electron chi connectivity index (χ2n) is 5.12. The topological polar surface area (TPSA) is 46.6 Å². The van der Waals surface area contributed by atoms with Crippen molar-refractivity contribution in [3.63, 3.8) is 0 Å². The van der Waals surface area contributed by atoms with E-state index in [1.165, 1.54) is 28.9 Å². The van der Waals surface area contributed by atoms with E-state index in [0.29, 0.717) is 13.0 Å². The van der Waals surface area contributed by atoms with Gasteiger partial charge in [-0.05, 0) is 37.8 Å². The van der Waals surface area contributed by atoms with Crippen molar-refractivity contribution in [3.05, 3.63) is 21.4 Å². The van der Waals surface area contributed by atoms with Gasteiger partial charge >= 0.3 is 5.97 Å². The summed E-state index contributed by atoms with van der Waals surface area (Å²) in [7, 11) is 1.37. The van der Waals surface area contributed by atoms with Crippen LogP contribution in [0, 0.1) is 6.92 Å². The second-order valence-corrected chi connectivity index (χ2v) is 6.38. The summed E-state index contributed by atoms with van der Waals surface area (Å²) >= 11 is 1.53. The van der Waals surface area contributed by atoms with Gasteiger partial charge in [0.15, 0.2) is 0 Å². The molecule has 110 valence electrons. The summed E-state index contributed by atoms with van der Waals surface area (Å²) in [5, 5.41) is 0. The maximum Gasteiger partial charge on any atom is 0.328 e. The highest BCUT2D eigenvalue weighted by molar-refractivity contribution is 7.14. The van der Waals surface area contributed by atoms with E-state index in [1.54, 1.807) is 4.90 Å². The van der Waals surface area contributed by atoms with Crippen LogP contribution < -0.4 is 0 Å². The van der Waals surface area contributed by atoms with Crippen molar-refractivity contribution in [2.45, 2.75) is 45.6 Å². The summed E-state index contributed by atoms with van der Waals surface area (Å²) in [6.45, 7) is 4.82. The Morgan fingerprint density at radius 1 is 1.50 bits per heavy atom. The third-order valence-corrected chi connectivity index (χ3v) is 4.82. The fourth-order valence-electron chi connectivity index (χ4n) is 2.68. The minimum atomic E-state index is -0.412. The zero-order chi connectivity index (χ0) is 14.7. The molecule has 1 aliphatic rings. The number of carbonyl (C=O) groups excluding carboxylic acids is 2. The smallest absolute Gasteiger partial charge is 0.328 e. The molecule has 0 radical (unpaired) electrons. The van der Waals surface area contributed by atoms with Crippen LogP contribution in [0.2, 0.25) is 0 Å². The van der Waals surface area contributed by atoms with E-state index in [0.717, 1.165) is 24.1 Å². The summed E-state index contributed by atoms with van der Waals surface area (Å²) in [4.78, 5) is 27.9. The monoisotopic (exact) mass is 295 g/mol. The van der Waals surface area contributed by atoms with Crippen LogP contribution in [0.1, 0.15) is 46.3 Å². The van der Waals surface area contributed by atoms with Gasteiger partial charge in [-0.3, -0.25) is 4.79 Å². The molecule has 0 N–H and O–H groups in total. The third-order valence-electron chi connectivity index (χ3n) is 3.74. The van der Waals surface area contributed by atoms with Crippen molar-refractivity contribution >= 4 is 23.2 Å². The molecule has 0 saturated carbocycles. The van der Waals surface area contributed by atoms with Gasteiger partial charge in [0.05, 0.1) is 12.0 Å². The van der Waals surface area contributed by atoms with Gasteiger partial charge in [0.2, 0.25) is 0 Å². The van der Waals surface area contributed by atoms with E-state index in [1.807, 2.05) is 13.0 Å². The van der Waals surface area contributed by atoms with Crippen molar-refractivity contribution in [1.82, 2.24) is 4.90 Å². The van der Waals surface area contributed by atoms with Gasteiger partial charge in [-0.2, -0.15) is 0 Å². The molecule has 4 nitrogen and oxygen atoms in total. The molecule has 2 rings (SSSR count). The number of ether oxygens (including phenoxy) is 1. The lowest BCUT2D eigenvalue weighted by atomic mass is 10.1. The molecule has 1 unspecified atom stereocenters. The fraction of sp³-hybridized carbons (Fsp3) is 0.600. The van der Waals surface area contributed by atoms with Crippen molar-refractivity contribution in [3.8, 4) is 0 Å². The molecule has 1 fully saturated rings. The lowest BCUT2D eigenvalue weighted by Crippen LogP contribution is -2.40. The van der Waals surface area contributed by atoms with Crippen molar-refractivity contribution in [2.24, 2.45) is 0 Å². The number of rotatable bonds is 4. The third kappa shape index (κ3) is 2.87. The van der Waals surface area contributed by atoms with Gasteiger partial charge in [-0.1, -0.05) is 13.3 Å². The molecule has 2 heterocycles. The Morgan fingerprint density at radius 3 is 2.90 bits per heavy atom. The van der Waals surface area contributed by atoms with Crippen LogP contribution in [0.4, 0.5) is 0 Å². The molecule has 0 aromatic carbocycles. The molecule has 0 aliphatic carbocycles. The van der Waals surface area contributed by atoms with Gasteiger partial charge in [-0.25, -0.2) is 4.79 Å². The number of methoxy groups -OCH3 is 1. The van der Waals surface area contributed by atoms with Crippen LogP contribution in [0.5, 0.6) is 0 Å². The first-order valence-corrected chi connectivity index (χ1v) is 7.88. The molecular weight excluding hydrogens is 274 g/mol. The van der Waals surface area contributed by atoms with E-state index in [2.05, 4.69) is 6.92 Å². The van der Waals surface area contributed by atoms with Gasteiger partial charge in [0.25, 0.3) is 5.91 Å². The zero-order valence-corrected chi connectivity index (χ0v) is 13.1. The molecule has 20 heavy (non-hydrogen) atoms. The Balaban J connectivity index is 2.18. The molecule has 1 aliphatic heterocycles. The second kappa shape index (κ2) is 6.39. The lowest BCUT2D eigenvalue weighted by Gasteiger charge is -2.21. The standard InChI is InChI=1S/C15H21NO3S/c1-4-6-11-9-13(20-10(11)2)14(17)16-8-5-7-12(16)15(18)19-3/h9,12H,4-8H2,1-3H3. The van der Waals surface area contributed by atoms with Crippen LogP contribution in [-0.2, 0) is 16.0 Å². The van der Waals surface area contributed by atoms with E-state index in [-0.39, 0.29) is 11.9 Å². The predicted molar refractivity (Wildman–Crippen MR) is 79.1 cm³/mol. The van der Waals surface area contributed by atoms with Crippen LogP contribution in [-0.4, -0.2) is 36.5 Å². The number of hydrogen-bond donors (Lipinski definition) is 0. The molecular formula is C15H21NO3S. The molecule has 5 heteroatoms. The quantitative estimate of drug-likeness (QED) is 0.802. The van der Waals surface area contributed by atoms with E-state index >= 15 is 0 Å². The number of carbonyl (C=O) groups is 2. The van der Waals surface area contributed by atoms with Crippen molar-refractivity contribution in [1.29, 1.82) is 0 Å². The first kappa shape index (κ1) is 15.0. The Hall–Kier alpha value is -1.36. The highest BCUT2D eigenvalue weighted by atomic mass is 32.1. The Morgan fingerprint density at radius 2 is 2.25 bits per heavy atom. The number of aryl methyl sites for hydroxylation is 2. The number of thiophene rings is 1. The van der Waals surface area contributed by atoms with Gasteiger partial charge in [0.1, 0.15) is 6.04 Å². The molecule has 1 saturated heterocycles. The lowest BCUT2D eigenvalue weighted by molar-refractivity contribution is -0.145. The zero-order valence-electron chi connectivity index (χ0n) is 12.3. The Bertz CT molecular complexity index is 509. The van der Waals surface area contributed by atoms with Crippen LogP contribution in [0.25, 0.3) is 0 Å². The summed E-state index contributed by atoms with van der Waals surface area (Å²) < 4.78 is 4.79. The average molecular weight is 295 g/mol. The highest BCUT2D eigenvalue weighted by Crippen LogP contribution is 2.27. The number of hydrogen-bond acceptors (Lipinski definition) is 4. The molecule has 1 atom stereocenters. The minimum absolute atomic E-state index is 0.0339. The van der Waals surface area contributed by atoms with E-state index in [9.17, 15) is 9.59 Å². The molecule has 0 spiro atoms. The predicted octanol–water partition coefficient (Wildman–Crippen LogP) is 2.79. The van der Waals surface area contributed by atoms with Gasteiger partial charge < -0.3 is 9.64 Å². The van der Waals surface area contributed by atoms with Crippen molar-refractivity contribution in [2.75, 3.05) is 13.7 Å².